The normalized spacial score (nSPS) is 10.9. The summed E-state index contributed by atoms with van der Waals surface area (Å²) in [6.07, 6.45) is 0. The molecule has 0 bridgehead atoms. The summed E-state index contributed by atoms with van der Waals surface area (Å²) in [5, 5.41) is 14.1. The number of benzene rings is 2. The summed E-state index contributed by atoms with van der Waals surface area (Å²) >= 11 is 6.76. The van der Waals surface area contributed by atoms with Crippen molar-refractivity contribution in [2.75, 3.05) is 5.32 Å². The predicted molar refractivity (Wildman–Crippen MR) is 92.5 cm³/mol. The molecule has 0 aliphatic rings. The van der Waals surface area contributed by atoms with Crippen LogP contribution >= 0.6 is 31.9 Å². The van der Waals surface area contributed by atoms with Crippen molar-refractivity contribution in [2.24, 2.45) is 0 Å². The standard InChI is InChI=1S/C16H11Br2FN2O/c17-13-7-14(18)16(22)15-12(13)6-5-11(21-15)8-20-10-3-1-9(19)2-4-10/h1-7,20,22H,8H2. The van der Waals surface area contributed by atoms with Crippen molar-refractivity contribution in [2.45, 2.75) is 6.54 Å². The molecule has 6 heteroatoms. The number of halogens is 3. The number of hydrogen-bond donors (Lipinski definition) is 2. The highest BCUT2D eigenvalue weighted by Crippen LogP contribution is 2.36. The van der Waals surface area contributed by atoms with Gasteiger partial charge < -0.3 is 10.4 Å². The summed E-state index contributed by atoms with van der Waals surface area (Å²) < 4.78 is 14.3. The molecule has 2 aromatic carbocycles. The van der Waals surface area contributed by atoms with Crippen LogP contribution in [0.3, 0.4) is 0 Å². The summed E-state index contributed by atoms with van der Waals surface area (Å²) in [4.78, 5) is 4.48. The first-order valence-electron chi connectivity index (χ1n) is 6.50. The maximum Gasteiger partial charge on any atom is 0.156 e. The first-order valence-corrected chi connectivity index (χ1v) is 8.09. The number of phenolic OH excluding ortho intramolecular Hbond substituents is 1. The Morgan fingerprint density at radius 1 is 1.05 bits per heavy atom. The Morgan fingerprint density at radius 3 is 2.50 bits per heavy atom. The third-order valence-corrected chi connectivity index (χ3v) is 4.49. The van der Waals surface area contributed by atoms with Crippen LogP contribution in [-0.2, 0) is 6.54 Å². The van der Waals surface area contributed by atoms with E-state index in [1.54, 1.807) is 18.2 Å². The monoisotopic (exact) mass is 424 g/mol. The van der Waals surface area contributed by atoms with Crippen LogP contribution in [0.4, 0.5) is 10.1 Å². The zero-order chi connectivity index (χ0) is 15.7. The quantitative estimate of drug-likeness (QED) is 0.604. The van der Waals surface area contributed by atoms with Gasteiger partial charge in [0.1, 0.15) is 11.3 Å². The third-order valence-electron chi connectivity index (χ3n) is 3.23. The van der Waals surface area contributed by atoms with Gasteiger partial charge in [-0.25, -0.2) is 9.37 Å². The highest BCUT2D eigenvalue weighted by Gasteiger charge is 2.10. The van der Waals surface area contributed by atoms with Crippen LogP contribution in [0.15, 0.2) is 51.4 Å². The van der Waals surface area contributed by atoms with E-state index in [1.807, 2.05) is 12.1 Å². The van der Waals surface area contributed by atoms with Crippen molar-refractivity contribution in [1.82, 2.24) is 4.98 Å². The SMILES string of the molecule is Oc1c(Br)cc(Br)c2ccc(CNc3ccc(F)cc3)nc12. The molecular formula is C16H11Br2FN2O. The van der Waals surface area contributed by atoms with E-state index in [4.69, 9.17) is 0 Å². The minimum absolute atomic E-state index is 0.113. The van der Waals surface area contributed by atoms with Gasteiger partial charge in [0.15, 0.2) is 5.75 Å². The van der Waals surface area contributed by atoms with Crippen LogP contribution in [0.5, 0.6) is 5.75 Å². The number of rotatable bonds is 3. The van der Waals surface area contributed by atoms with Gasteiger partial charge in [0.05, 0.1) is 16.7 Å². The Bertz CT molecular complexity index is 838. The topological polar surface area (TPSA) is 45.1 Å². The van der Waals surface area contributed by atoms with E-state index >= 15 is 0 Å². The van der Waals surface area contributed by atoms with E-state index in [0.717, 1.165) is 21.2 Å². The first-order chi connectivity index (χ1) is 10.5. The number of phenols is 1. The smallest absolute Gasteiger partial charge is 0.156 e. The second kappa shape index (κ2) is 6.22. The summed E-state index contributed by atoms with van der Waals surface area (Å²) in [6, 6.07) is 11.7. The maximum atomic E-state index is 12.9. The number of fused-ring (bicyclic) bond motifs is 1. The molecule has 0 aliphatic heterocycles. The minimum atomic E-state index is -0.269. The van der Waals surface area contributed by atoms with E-state index < -0.39 is 0 Å². The summed E-state index contributed by atoms with van der Waals surface area (Å²) in [5.74, 6) is -0.157. The Labute approximate surface area is 143 Å². The molecule has 0 saturated carbocycles. The number of nitrogens with one attached hydrogen (secondary N) is 1. The summed E-state index contributed by atoms with van der Waals surface area (Å²) in [7, 11) is 0. The van der Waals surface area contributed by atoms with E-state index in [1.165, 1.54) is 12.1 Å². The van der Waals surface area contributed by atoms with E-state index in [2.05, 4.69) is 42.2 Å². The molecule has 0 amide bonds. The minimum Gasteiger partial charge on any atom is -0.505 e. The number of hydrogen-bond acceptors (Lipinski definition) is 3. The van der Waals surface area contributed by atoms with Crippen molar-refractivity contribution >= 4 is 48.5 Å². The Hall–Kier alpha value is -1.66. The van der Waals surface area contributed by atoms with Crippen LogP contribution in [0.2, 0.25) is 0 Å². The first kappa shape index (κ1) is 15.2. The number of anilines is 1. The average molecular weight is 426 g/mol. The molecule has 1 heterocycles. The zero-order valence-electron chi connectivity index (χ0n) is 11.3. The Balaban J connectivity index is 1.88. The van der Waals surface area contributed by atoms with Gasteiger partial charge in [0, 0.05) is 15.5 Å². The van der Waals surface area contributed by atoms with Crippen molar-refractivity contribution in [3.8, 4) is 5.75 Å². The Morgan fingerprint density at radius 2 is 1.77 bits per heavy atom. The van der Waals surface area contributed by atoms with Crippen molar-refractivity contribution in [3.63, 3.8) is 0 Å². The molecule has 3 rings (SSSR count). The molecule has 0 aliphatic carbocycles. The molecular weight excluding hydrogens is 415 g/mol. The van der Waals surface area contributed by atoms with Gasteiger partial charge in [-0.1, -0.05) is 15.9 Å². The van der Waals surface area contributed by atoms with Crippen molar-refractivity contribution < 1.29 is 9.50 Å². The lowest BCUT2D eigenvalue weighted by Gasteiger charge is -2.09. The van der Waals surface area contributed by atoms with Crippen LogP contribution < -0.4 is 5.32 Å². The fraction of sp³-hybridized carbons (Fsp3) is 0.0625. The van der Waals surface area contributed by atoms with Gasteiger partial charge in [-0.2, -0.15) is 0 Å². The molecule has 0 unspecified atom stereocenters. The second-order valence-corrected chi connectivity index (χ2v) is 6.46. The van der Waals surface area contributed by atoms with Gasteiger partial charge in [0.2, 0.25) is 0 Å². The third kappa shape index (κ3) is 3.08. The lowest BCUT2D eigenvalue weighted by molar-refractivity contribution is 0.477. The molecule has 0 saturated heterocycles. The van der Waals surface area contributed by atoms with Crippen molar-refractivity contribution in [1.29, 1.82) is 0 Å². The number of pyridine rings is 1. The van der Waals surface area contributed by atoms with Crippen LogP contribution in [-0.4, -0.2) is 10.1 Å². The lowest BCUT2D eigenvalue weighted by Crippen LogP contribution is -2.02. The molecule has 22 heavy (non-hydrogen) atoms. The molecule has 112 valence electrons. The predicted octanol–water partition coefficient (Wildman–Crippen LogP) is 5.22. The molecule has 2 N–H and O–H groups in total. The van der Waals surface area contributed by atoms with E-state index in [-0.39, 0.29) is 11.6 Å². The summed E-state index contributed by atoms with van der Waals surface area (Å²) in [6.45, 7) is 0.477. The highest BCUT2D eigenvalue weighted by atomic mass is 79.9. The molecule has 1 aromatic heterocycles. The largest absolute Gasteiger partial charge is 0.505 e. The zero-order valence-corrected chi connectivity index (χ0v) is 14.4. The molecule has 0 radical (unpaired) electrons. The maximum absolute atomic E-state index is 12.9. The number of aromatic nitrogens is 1. The van der Waals surface area contributed by atoms with Gasteiger partial charge in [-0.3, -0.25) is 0 Å². The van der Waals surface area contributed by atoms with Gasteiger partial charge in [0.25, 0.3) is 0 Å². The molecule has 3 aromatic rings. The van der Waals surface area contributed by atoms with Crippen LogP contribution in [0.25, 0.3) is 10.9 Å². The molecule has 0 spiro atoms. The lowest BCUT2D eigenvalue weighted by atomic mass is 10.2. The fourth-order valence-electron chi connectivity index (χ4n) is 2.10. The summed E-state index contributed by atoms with van der Waals surface area (Å²) in [5.41, 5.74) is 2.11. The van der Waals surface area contributed by atoms with Gasteiger partial charge in [-0.05, 0) is 58.4 Å². The average Bonchev–Trinajstić information content (AvgIpc) is 2.52. The second-order valence-electron chi connectivity index (χ2n) is 4.75. The Kier molecular flexibility index (Phi) is 4.31. The van der Waals surface area contributed by atoms with E-state index in [9.17, 15) is 9.50 Å². The van der Waals surface area contributed by atoms with Gasteiger partial charge in [-0.15, -0.1) is 0 Å². The van der Waals surface area contributed by atoms with Crippen LogP contribution in [0.1, 0.15) is 5.69 Å². The molecule has 0 fully saturated rings. The highest BCUT2D eigenvalue weighted by molar-refractivity contribution is 9.11. The molecule has 0 atom stereocenters. The fourth-order valence-corrected chi connectivity index (χ4v) is 3.37. The van der Waals surface area contributed by atoms with E-state index in [0.29, 0.717) is 16.5 Å². The van der Waals surface area contributed by atoms with Crippen molar-refractivity contribution in [3.05, 3.63) is 62.9 Å². The number of aromatic hydroxyl groups is 1. The molecule has 3 nitrogen and oxygen atoms in total. The van der Waals surface area contributed by atoms with Crippen LogP contribution in [0, 0.1) is 5.82 Å². The van der Waals surface area contributed by atoms with Gasteiger partial charge >= 0.3 is 0 Å². The number of nitrogens with zero attached hydrogens (tertiary/aromatic N) is 1.